The molecule has 37 heavy (non-hydrogen) atoms. The Bertz CT molecular complexity index is 1280. The van der Waals surface area contributed by atoms with Gasteiger partial charge >= 0.3 is 11.9 Å². The minimum absolute atomic E-state index is 0.0105. The number of aryl methyl sites for hydroxylation is 1. The van der Waals surface area contributed by atoms with Crippen molar-refractivity contribution in [2.24, 2.45) is 0 Å². The topological polar surface area (TPSA) is 122 Å². The maximum atomic E-state index is 12.9. The zero-order valence-electron chi connectivity index (χ0n) is 20.8. The highest BCUT2D eigenvalue weighted by atomic mass is 32.2. The maximum Gasteiger partial charge on any atom is 0.339 e. The van der Waals surface area contributed by atoms with Gasteiger partial charge in [-0.25, -0.2) is 9.59 Å². The molecule has 1 aromatic carbocycles. The number of amides is 1. The lowest BCUT2D eigenvalue weighted by Crippen LogP contribution is -2.19. The van der Waals surface area contributed by atoms with Gasteiger partial charge in [0.2, 0.25) is 5.91 Å². The third-order valence-electron chi connectivity index (χ3n) is 5.84. The molecule has 3 heterocycles. The number of esters is 2. The van der Waals surface area contributed by atoms with Crippen LogP contribution < -0.4 is 5.32 Å². The molecule has 1 aliphatic rings. The Kier molecular flexibility index (Phi) is 8.95. The number of nitrogens with zero attached hydrogens (tertiary/aromatic N) is 3. The van der Waals surface area contributed by atoms with E-state index >= 15 is 0 Å². The van der Waals surface area contributed by atoms with Crippen molar-refractivity contribution in [3.63, 3.8) is 0 Å². The molecule has 0 saturated carbocycles. The Morgan fingerprint density at radius 3 is 2.68 bits per heavy atom. The predicted molar refractivity (Wildman–Crippen MR) is 140 cm³/mol. The van der Waals surface area contributed by atoms with Crippen molar-refractivity contribution < 1.29 is 28.6 Å². The first-order valence-corrected chi connectivity index (χ1v) is 13.7. The van der Waals surface area contributed by atoms with E-state index in [1.54, 1.807) is 11.3 Å². The van der Waals surface area contributed by atoms with Gasteiger partial charge in [-0.05, 0) is 43.5 Å². The summed E-state index contributed by atoms with van der Waals surface area (Å²) in [5, 5.41) is 14.2. The number of carbonyl (C=O) groups is 3. The summed E-state index contributed by atoms with van der Waals surface area (Å²) in [7, 11) is 2.50. The fourth-order valence-electron chi connectivity index (χ4n) is 3.95. The first-order chi connectivity index (χ1) is 17.9. The Hall–Kier alpha value is -3.22. The molecule has 1 aliphatic heterocycles. The molecule has 1 unspecified atom stereocenters. The Morgan fingerprint density at radius 1 is 1.19 bits per heavy atom. The van der Waals surface area contributed by atoms with Crippen LogP contribution in [-0.4, -0.2) is 65.3 Å². The highest BCUT2D eigenvalue weighted by molar-refractivity contribution is 7.99. The van der Waals surface area contributed by atoms with Crippen LogP contribution in [0.3, 0.4) is 0 Å². The Balaban J connectivity index is 1.52. The lowest BCUT2D eigenvalue weighted by Gasteiger charge is -2.14. The molecular formula is C25H28N4O6S2. The number of carbonyl (C=O) groups excluding carboxylic acids is 3. The average Bonchev–Trinajstić information content (AvgIpc) is 3.68. The van der Waals surface area contributed by atoms with Crippen molar-refractivity contribution in [3.05, 3.63) is 45.6 Å². The summed E-state index contributed by atoms with van der Waals surface area (Å²) in [4.78, 5) is 38.3. The van der Waals surface area contributed by atoms with Crippen LogP contribution in [0.5, 0.6) is 0 Å². The second kappa shape index (κ2) is 12.3. The zero-order chi connectivity index (χ0) is 26.4. The molecule has 0 spiro atoms. The number of benzene rings is 1. The third kappa shape index (κ3) is 6.38. The smallest absolute Gasteiger partial charge is 0.339 e. The summed E-state index contributed by atoms with van der Waals surface area (Å²) in [6.45, 7) is 3.44. The fraction of sp³-hybridized carbons (Fsp3) is 0.400. The van der Waals surface area contributed by atoms with Crippen LogP contribution in [0.1, 0.15) is 45.4 Å². The number of thioether (sulfide) groups is 1. The van der Waals surface area contributed by atoms with Gasteiger partial charge in [0.25, 0.3) is 0 Å². The van der Waals surface area contributed by atoms with E-state index in [-0.39, 0.29) is 34.6 Å². The number of nitrogens with one attached hydrogen (secondary N) is 1. The van der Waals surface area contributed by atoms with Crippen molar-refractivity contribution in [2.75, 3.05) is 31.9 Å². The lowest BCUT2D eigenvalue weighted by atomic mass is 10.1. The standard InChI is InChI=1S/C25H28N4O6S2/c1-4-18-10-16(13-36-18)22-27-28-25(29(22)12-17-6-5-9-35-17)37-14-21(30)26-20-11-15(23(31)33-2)7-8-19(20)24(32)34-3/h7-8,10-11,13,17H,4-6,9,12,14H2,1-3H3,(H,26,30). The molecular weight excluding hydrogens is 516 g/mol. The number of anilines is 1. The van der Waals surface area contributed by atoms with Crippen LogP contribution in [0.25, 0.3) is 11.4 Å². The van der Waals surface area contributed by atoms with Crippen molar-refractivity contribution in [3.8, 4) is 11.4 Å². The minimum atomic E-state index is -0.637. The van der Waals surface area contributed by atoms with Gasteiger partial charge in [0.1, 0.15) is 0 Å². The van der Waals surface area contributed by atoms with E-state index < -0.39 is 11.9 Å². The van der Waals surface area contributed by atoms with E-state index in [9.17, 15) is 14.4 Å². The summed E-state index contributed by atoms with van der Waals surface area (Å²) >= 11 is 2.92. The Labute approximate surface area is 222 Å². The Morgan fingerprint density at radius 2 is 2.00 bits per heavy atom. The summed E-state index contributed by atoms with van der Waals surface area (Å²) in [5.74, 6) is -0.850. The second-order valence-electron chi connectivity index (χ2n) is 8.29. The van der Waals surface area contributed by atoms with Crippen LogP contribution >= 0.6 is 23.1 Å². The largest absolute Gasteiger partial charge is 0.465 e. The highest BCUT2D eigenvalue weighted by Gasteiger charge is 2.23. The van der Waals surface area contributed by atoms with Gasteiger partial charge in [0.15, 0.2) is 11.0 Å². The summed E-state index contributed by atoms with van der Waals surface area (Å²) < 4.78 is 17.4. The van der Waals surface area contributed by atoms with E-state index in [0.29, 0.717) is 11.7 Å². The number of hydrogen-bond donors (Lipinski definition) is 1. The van der Waals surface area contributed by atoms with E-state index in [4.69, 9.17) is 14.2 Å². The van der Waals surface area contributed by atoms with Crippen LogP contribution in [0, 0.1) is 0 Å². The first-order valence-electron chi connectivity index (χ1n) is 11.8. The van der Waals surface area contributed by atoms with E-state index in [2.05, 4.69) is 33.9 Å². The molecule has 1 fully saturated rings. The molecule has 3 aromatic rings. The molecule has 1 saturated heterocycles. The number of ether oxygens (including phenoxy) is 3. The van der Waals surface area contributed by atoms with Crippen molar-refractivity contribution in [1.82, 2.24) is 14.8 Å². The molecule has 0 bridgehead atoms. The molecule has 4 rings (SSSR count). The molecule has 196 valence electrons. The van der Waals surface area contributed by atoms with Gasteiger partial charge in [0.05, 0.1) is 49.4 Å². The quantitative estimate of drug-likeness (QED) is 0.297. The summed E-state index contributed by atoms with van der Waals surface area (Å²) in [6, 6.07) is 6.35. The minimum Gasteiger partial charge on any atom is -0.465 e. The molecule has 1 atom stereocenters. The van der Waals surface area contributed by atoms with Crippen LogP contribution in [0.4, 0.5) is 5.69 Å². The van der Waals surface area contributed by atoms with Gasteiger partial charge in [-0.1, -0.05) is 18.7 Å². The number of rotatable bonds is 10. The summed E-state index contributed by atoms with van der Waals surface area (Å²) in [5.41, 5.74) is 1.47. The highest BCUT2D eigenvalue weighted by Crippen LogP contribution is 2.30. The molecule has 2 aromatic heterocycles. The van der Waals surface area contributed by atoms with Gasteiger partial charge in [0, 0.05) is 22.4 Å². The number of methoxy groups -OCH3 is 2. The molecule has 0 aliphatic carbocycles. The van der Waals surface area contributed by atoms with Gasteiger partial charge in [-0.2, -0.15) is 0 Å². The zero-order valence-corrected chi connectivity index (χ0v) is 22.4. The molecule has 12 heteroatoms. The van der Waals surface area contributed by atoms with Crippen LogP contribution in [0.15, 0.2) is 34.8 Å². The SMILES string of the molecule is CCc1cc(-c2nnc(SCC(=O)Nc3cc(C(=O)OC)ccc3C(=O)OC)n2CC2CCCO2)cs1. The van der Waals surface area contributed by atoms with E-state index in [1.807, 2.05) is 4.57 Å². The van der Waals surface area contributed by atoms with Crippen LogP contribution in [-0.2, 0) is 32.0 Å². The summed E-state index contributed by atoms with van der Waals surface area (Å²) in [6.07, 6.45) is 2.98. The number of hydrogen-bond acceptors (Lipinski definition) is 10. The fourth-order valence-corrected chi connectivity index (χ4v) is 5.51. The van der Waals surface area contributed by atoms with E-state index in [0.717, 1.165) is 37.3 Å². The number of thiophene rings is 1. The van der Waals surface area contributed by atoms with Gasteiger partial charge in [-0.3, -0.25) is 9.36 Å². The predicted octanol–water partition coefficient (Wildman–Crippen LogP) is 4.05. The van der Waals surface area contributed by atoms with Crippen LogP contribution in [0.2, 0.25) is 0 Å². The second-order valence-corrected chi connectivity index (χ2v) is 10.2. The van der Waals surface area contributed by atoms with Crippen molar-refractivity contribution in [1.29, 1.82) is 0 Å². The molecule has 1 N–H and O–H groups in total. The normalized spacial score (nSPS) is 14.9. The molecule has 10 nitrogen and oxygen atoms in total. The number of aromatic nitrogens is 3. The molecule has 0 radical (unpaired) electrons. The van der Waals surface area contributed by atoms with E-state index in [1.165, 1.54) is 49.1 Å². The van der Waals surface area contributed by atoms with Gasteiger partial charge < -0.3 is 19.5 Å². The maximum absolute atomic E-state index is 12.9. The lowest BCUT2D eigenvalue weighted by molar-refractivity contribution is -0.113. The van der Waals surface area contributed by atoms with Crippen molar-refractivity contribution >= 4 is 46.6 Å². The third-order valence-corrected chi connectivity index (χ3v) is 7.89. The average molecular weight is 545 g/mol. The monoisotopic (exact) mass is 544 g/mol. The van der Waals surface area contributed by atoms with Gasteiger partial charge in [-0.15, -0.1) is 21.5 Å². The molecule has 1 amide bonds. The van der Waals surface area contributed by atoms with Crippen molar-refractivity contribution in [2.45, 2.75) is 44.0 Å². The first kappa shape index (κ1) is 26.8.